The molecule has 0 amide bonds. The average molecular weight is 256 g/mol. The number of carbonyl (C=O) groups excluding carboxylic acids is 1. The number of carbonyl (C=O) groups is 1. The highest BCUT2D eigenvalue weighted by molar-refractivity contribution is 9.10. The van der Waals surface area contributed by atoms with Gasteiger partial charge in [0.15, 0.2) is 5.78 Å². The van der Waals surface area contributed by atoms with E-state index in [1.165, 1.54) is 0 Å². The van der Waals surface area contributed by atoms with Crippen molar-refractivity contribution in [2.75, 3.05) is 0 Å². The van der Waals surface area contributed by atoms with Crippen LogP contribution in [0.25, 0.3) is 0 Å². The summed E-state index contributed by atoms with van der Waals surface area (Å²) in [5, 5.41) is 0. The number of benzene rings is 1. The van der Waals surface area contributed by atoms with Gasteiger partial charge in [0, 0.05) is 10.9 Å². The summed E-state index contributed by atoms with van der Waals surface area (Å²) in [6.07, 6.45) is 1.13. The highest BCUT2D eigenvalue weighted by atomic mass is 79.9. The van der Waals surface area contributed by atoms with Gasteiger partial charge < -0.3 is 5.73 Å². The topological polar surface area (TPSA) is 43.1 Å². The van der Waals surface area contributed by atoms with Crippen molar-refractivity contribution in [1.29, 1.82) is 0 Å². The maximum Gasteiger partial charge on any atom is 0.153 e. The van der Waals surface area contributed by atoms with Crippen LogP contribution in [0.5, 0.6) is 0 Å². The zero-order valence-corrected chi connectivity index (χ0v) is 9.75. The number of nitrogens with two attached hydrogens (primary N) is 1. The van der Waals surface area contributed by atoms with E-state index in [4.69, 9.17) is 5.73 Å². The summed E-state index contributed by atoms with van der Waals surface area (Å²) in [6.45, 7) is 1.92. The fourth-order valence-electron chi connectivity index (χ4n) is 1.21. The zero-order valence-electron chi connectivity index (χ0n) is 8.16. The van der Waals surface area contributed by atoms with E-state index in [0.717, 1.165) is 10.0 Å². The third-order valence-electron chi connectivity index (χ3n) is 2.12. The maximum absolute atomic E-state index is 11.5. The molecule has 1 aromatic carbocycles. The van der Waals surface area contributed by atoms with E-state index in [0.29, 0.717) is 12.8 Å². The first kappa shape index (κ1) is 11.4. The fraction of sp³-hybridized carbons (Fsp3) is 0.364. The van der Waals surface area contributed by atoms with Gasteiger partial charge >= 0.3 is 0 Å². The Labute approximate surface area is 92.6 Å². The second-order valence-corrected chi connectivity index (χ2v) is 4.20. The Hall–Kier alpha value is -0.670. The van der Waals surface area contributed by atoms with E-state index in [9.17, 15) is 4.79 Å². The monoisotopic (exact) mass is 255 g/mol. The van der Waals surface area contributed by atoms with Crippen LogP contribution in [0.1, 0.15) is 18.9 Å². The molecule has 1 rings (SSSR count). The molecule has 2 nitrogen and oxygen atoms in total. The van der Waals surface area contributed by atoms with Gasteiger partial charge in [-0.25, -0.2) is 0 Å². The molecule has 1 unspecified atom stereocenters. The fourth-order valence-corrected chi connectivity index (χ4v) is 1.65. The van der Waals surface area contributed by atoms with Crippen molar-refractivity contribution in [3.63, 3.8) is 0 Å². The first-order valence-corrected chi connectivity index (χ1v) is 5.45. The molecule has 0 fully saturated rings. The Kier molecular flexibility index (Phi) is 4.29. The van der Waals surface area contributed by atoms with E-state index in [1.807, 2.05) is 31.2 Å². The molecule has 0 heterocycles. The SMILES string of the molecule is CCC(N)C(=O)Cc1cccc(Br)c1. The largest absolute Gasteiger partial charge is 0.322 e. The Morgan fingerprint density at radius 2 is 2.29 bits per heavy atom. The molecule has 3 heteroatoms. The summed E-state index contributed by atoms with van der Waals surface area (Å²) in [6, 6.07) is 7.41. The van der Waals surface area contributed by atoms with Gasteiger partial charge in [0.25, 0.3) is 0 Å². The highest BCUT2D eigenvalue weighted by Crippen LogP contribution is 2.12. The maximum atomic E-state index is 11.5. The van der Waals surface area contributed by atoms with Crippen LogP contribution in [0.2, 0.25) is 0 Å². The number of hydrogen-bond donors (Lipinski definition) is 1. The molecule has 1 atom stereocenters. The van der Waals surface area contributed by atoms with Gasteiger partial charge in [-0.2, -0.15) is 0 Å². The molecule has 0 bridgehead atoms. The van der Waals surface area contributed by atoms with Crippen molar-refractivity contribution >= 4 is 21.7 Å². The smallest absolute Gasteiger partial charge is 0.153 e. The normalized spacial score (nSPS) is 12.5. The lowest BCUT2D eigenvalue weighted by molar-refractivity contribution is -0.119. The van der Waals surface area contributed by atoms with Crippen LogP contribution in [-0.4, -0.2) is 11.8 Å². The van der Waals surface area contributed by atoms with Crippen molar-refractivity contribution in [3.05, 3.63) is 34.3 Å². The van der Waals surface area contributed by atoms with Crippen molar-refractivity contribution in [2.45, 2.75) is 25.8 Å². The van der Waals surface area contributed by atoms with E-state index >= 15 is 0 Å². The first-order chi connectivity index (χ1) is 6.63. The third kappa shape index (κ3) is 3.24. The van der Waals surface area contributed by atoms with Crippen LogP contribution in [0, 0.1) is 0 Å². The van der Waals surface area contributed by atoms with Gasteiger partial charge in [-0.15, -0.1) is 0 Å². The van der Waals surface area contributed by atoms with Crippen LogP contribution >= 0.6 is 15.9 Å². The second-order valence-electron chi connectivity index (χ2n) is 3.29. The Balaban J connectivity index is 2.65. The van der Waals surface area contributed by atoms with E-state index < -0.39 is 0 Å². The predicted molar refractivity (Wildman–Crippen MR) is 61.1 cm³/mol. The third-order valence-corrected chi connectivity index (χ3v) is 2.61. The molecular weight excluding hydrogens is 242 g/mol. The molecule has 76 valence electrons. The van der Waals surface area contributed by atoms with Crippen LogP contribution in [0.4, 0.5) is 0 Å². The minimum Gasteiger partial charge on any atom is -0.322 e. The number of Topliss-reactive ketones (excluding diaryl/α,β-unsaturated/α-hetero) is 1. The second kappa shape index (κ2) is 5.27. The van der Waals surface area contributed by atoms with E-state index in [1.54, 1.807) is 0 Å². The zero-order chi connectivity index (χ0) is 10.6. The molecule has 0 aromatic heterocycles. The molecule has 14 heavy (non-hydrogen) atoms. The van der Waals surface area contributed by atoms with Crippen LogP contribution in [0.3, 0.4) is 0 Å². The Morgan fingerprint density at radius 1 is 1.57 bits per heavy atom. The molecular formula is C11H14BrNO. The average Bonchev–Trinajstić information content (AvgIpc) is 2.16. The number of halogens is 1. The van der Waals surface area contributed by atoms with Crippen LogP contribution in [-0.2, 0) is 11.2 Å². The Bertz CT molecular complexity index is 325. The summed E-state index contributed by atoms with van der Waals surface area (Å²) < 4.78 is 0.993. The number of rotatable bonds is 4. The Morgan fingerprint density at radius 3 is 2.86 bits per heavy atom. The number of hydrogen-bond acceptors (Lipinski definition) is 2. The van der Waals surface area contributed by atoms with Gasteiger partial charge in [-0.1, -0.05) is 35.0 Å². The quantitative estimate of drug-likeness (QED) is 0.898. The molecule has 0 aliphatic heterocycles. The number of ketones is 1. The summed E-state index contributed by atoms with van der Waals surface area (Å²) in [5.41, 5.74) is 6.65. The molecule has 1 aromatic rings. The molecule has 0 aliphatic carbocycles. The van der Waals surface area contributed by atoms with Crippen molar-refractivity contribution in [3.8, 4) is 0 Å². The summed E-state index contributed by atoms with van der Waals surface area (Å²) >= 11 is 3.36. The highest BCUT2D eigenvalue weighted by Gasteiger charge is 2.11. The summed E-state index contributed by atoms with van der Waals surface area (Å²) in [5.74, 6) is 0.102. The predicted octanol–water partition coefficient (Wildman–Crippen LogP) is 2.30. The standard InChI is InChI=1S/C11H14BrNO/c1-2-10(13)11(14)7-8-4-3-5-9(12)6-8/h3-6,10H,2,7,13H2,1H3. The van der Waals surface area contributed by atoms with Gasteiger partial charge in [-0.3, -0.25) is 4.79 Å². The minimum absolute atomic E-state index is 0.102. The lowest BCUT2D eigenvalue weighted by Gasteiger charge is -2.07. The lowest BCUT2D eigenvalue weighted by atomic mass is 10.0. The van der Waals surface area contributed by atoms with Gasteiger partial charge in [-0.05, 0) is 24.1 Å². The molecule has 0 saturated heterocycles. The molecule has 0 spiro atoms. The van der Waals surface area contributed by atoms with Crippen molar-refractivity contribution < 1.29 is 4.79 Å². The van der Waals surface area contributed by atoms with Crippen LogP contribution < -0.4 is 5.73 Å². The molecule has 2 N–H and O–H groups in total. The van der Waals surface area contributed by atoms with Crippen LogP contribution in [0.15, 0.2) is 28.7 Å². The molecule has 0 saturated carbocycles. The summed E-state index contributed by atoms with van der Waals surface area (Å²) in [7, 11) is 0. The molecule has 0 aliphatic rings. The van der Waals surface area contributed by atoms with Crippen molar-refractivity contribution in [1.82, 2.24) is 0 Å². The van der Waals surface area contributed by atoms with E-state index in [2.05, 4.69) is 15.9 Å². The minimum atomic E-state index is -0.325. The summed E-state index contributed by atoms with van der Waals surface area (Å²) in [4.78, 5) is 11.5. The first-order valence-electron chi connectivity index (χ1n) is 4.66. The van der Waals surface area contributed by atoms with Gasteiger partial charge in [0.05, 0.1) is 6.04 Å². The molecule has 0 radical (unpaired) electrons. The lowest BCUT2D eigenvalue weighted by Crippen LogP contribution is -2.30. The van der Waals surface area contributed by atoms with E-state index in [-0.39, 0.29) is 11.8 Å². The van der Waals surface area contributed by atoms with Gasteiger partial charge in [0.1, 0.15) is 0 Å². The van der Waals surface area contributed by atoms with Gasteiger partial charge in [0.2, 0.25) is 0 Å². The van der Waals surface area contributed by atoms with Crippen molar-refractivity contribution in [2.24, 2.45) is 5.73 Å².